The number of carbonyl (C=O) groups is 2. The molecule has 1 aliphatic carbocycles. The van der Waals surface area contributed by atoms with Crippen LogP contribution in [-0.2, 0) is 6.42 Å². The number of rotatable bonds is 3. The second kappa shape index (κ2) is 6.89. The van der Waals surface area contributed by atoms with Crippen LogP contribution in [0.4, 0.5) is 5.69 Å². The van der Waals surface area contributed by atoms with Crippen LogP contribution in [0.5, 0.6) is 0 Å². The van der Waals surface area contributed by atoms with Crippen LogP contribution >= 0.6 is 11.6 Å². The number of hydrogen-bond donors (Lipinski definition) is 2. The maximum absolute atomic E-state index is 12.6. The number of pyridine rings is 1. The molecule has 2 heterocycles. The molecule has 4 rings (SSSR count). The monoisotopic (exact) mass is 382 g/mol. The van der Waals surface area contributed by atoms with Crippen molar-refractivity contribution in [2.24, 2.45) is 0 Å². The molecular formula is C20H15ClN2O4. The lowest BCUT2D eigenvalue weighted by molar-refractivity contribution is 0.0959. The molecule has 0 radical (unpaired) electrons. The number of aromatic amines is 1. The summed E-state index contributed by atoms with van der Waals surface area (Å²) in [5, 5.41) is 2.96. The van der Waals surface area contributed by atoms with Gasteiger partial charge in [-0.25, -0.2) is 0 Å². The van der Waals surface area contributed by atoms with Gasteiger partial charge in [-0.05, 0) is 36.8 Å². The lowest BCUT2D eigenvalue weighted by Crippen LogP contribution is -2.29. The van der Waals surface area contributed by atoms with Gasteiger partial charge >= 0.3 is 0 Å². The number of ketones is 1. The summed E-state index contributed by atoms with van der Waals surface area (Å²) in [6.45, 7) is 0. The van der Waals surface area contributed by atoms with E-state index in [2.05, 4.69) is 10.3 Å². The molecule has 0 saturated carbocycles. The number of Topliss-reactive ketones (excluding diaryl/α,β-unsaturated/α-hetero) is 1. The van der Waals surface area contributed by atoms with Gasteiger partial charge in [-0.15, -0.1) is 0 Å². The van der Waals surface area contributed by atoms with Gasteiger partial charge in [0.05, 0.1) is 17.0 Å². The molecule has 27 heavy (non-hydrogen) atoms. The molecule has 1 atom stereocenters. The molecule has 2 N–H and O–H groups in total. The van der Waals surface area contributed by atoms with Crippen molar-refractivity contribution < 1.29 is 14.0 Å². The summed E-state index contributed by atoms with van der Waals surface area (Å²) in [6, 6.07) is 11.7. The molecule has 2 aromatic heterocycles. The molecule has 1 amide bonds. The molecule has 1 aliphatic rings. The number of H-pyrrole nitrogens is 1. The second-order valence-electron chi connectivity index (χ2n) is 6.38. The van der Waals surface area contributed by atoms with E-state index in [0.29, 0.717) is 34.1 Å². The van der Waals surface area contributed by atoms with Crippen molar-refractivity contribution in [3.63, 3.8) is 0 Å². The van der Waals surface area contributed by atoms with Crippen LogP contribution in [0, 0.1) is 0 Å². The molecule has 1 aromatic carbocycles. The van der Waals surface area contributed by atoms with Crippen molar-refractivity contribution in [1.82, 2.24) is 4.98 Å². The third kappa shape index (κ3) is 3.31. The zero-order chi connectivity index (χ0) is 19.0. The SMILES string of the molecule is O=C1CC(c2ccco2)Cc2[nH]c(=O)c(C(=O)Nc3ccccc3Cl)cc21. The lowest BCUT2D eigenvalue weighted by atomic mass is 9.84. The van der Waals surface area contributed by atoms with E-state index in [1.54, 1.807) is 36.6 Å². The Balaban J connectivity index is 1.65. The second-order valence-corrected chi connectivity index (χ2v) is 6.79. The number of nitrogens with one attached hydrogen (secondary N) is 2. The van der Waals surface area contributed by atoms with Gasteiger partial charge in [0.15, 0.2) is 5.78 Å². The lowest BCUT2D eigenvalue weighted by Gasteiger charge is -2.22. The van der Waals surface area contributed by atoms with Crippen molar-refractivity contribution in [3.05, 3.63) is 86.7 Å². The summed E-state index contributed by atoms with van der Waals surface area (Å²) >= 11 is 6.04. The van der Waals surface area contributed by atoms with Crippen molar-refractivity contribution >= 4 is 29.0 Å². The molecular weight excluding hydrogens is 368 g/mol. The van der Waals surface area contributed by atoms with Crippen molar-refractivity contribution in [2.75, 3.05) is 5.32 Å². The molecule has 3 aromatic rings. The maximum atomic E-state index is 12.6. The molecule has 0 fully saturated rings. The fourth-order valence-electron chi connectivity index (χ4n) is 3.28. The predicted octanol–water partition coefficient (Wildman–Crippen LogP) is 3.79. The van der Waals surface area contributed by atoms with Crippen molar-refractivity contribution in [3.8, 4) is 0 Å². The first-order chi connectivity index (χ1) is 13.0. The molecule has 136 valence electrons. The van der Waals surface area contributed by atoms with E-state index >= 15 is 0 Å². The number of hydrogen-bond acceptors (Lipinski definition) is 4. The highest BCUT2D eigenvalue weighted by atomic mass is 35.5. The highest BCUT2D eigenvalue weighted by Gasteiger charge is 2.30. The Hall–Kier alpha value is -3.12. The first-order valence-electron chi connectivity index (χ1n) is 8.41. The minimum Gasteiger partial charge on any atom is -0.469 e. The van der Waals surface area contributed by atoms with E-state index in [-0.39, 0.29) is 23.7 Å². The average Bonchev–Trinajstić information content (AvgIpc) is 3.17. The summed E-state index contributed by atoms with van der Waals surface area (Å²) in [7, 11) is 0. The van der Waals surface area contributed by atoms with Crippen LogP contribution in [-0.4, -0.2) is 16.7 Å². The fourth-order valence-corrected chi connectivity index (χ4v) is 3.46. The van der Waals surface area contributed by atoms with E-state index in [1.165, 1.54) is 6.07 Å². The highest BCUT2D eigenvalue weighted by Crippen LogP contribution is 2.32. The summed E-state index contributed by atoms with van der Waals surface area (Å²) in [4.78, 5) is 40.2. The molecule has 7 heteroatoms. The van der Waals surface area contributed by atoms with Crippen molar-refractivity contribution in [2.45, 2.75) is 18.8 Å². The number of anilines is 1. The Labute approximate surface area is 159 Å². The number of halogens is 1. The van der Waals surface area contributed by atoms with Crippen molar-refractivity contribution in [1.29, 1.82) is 0 Å². The standard InChI is InChI=1S/C20H15ClN2O4/c21-14-4-1-2-5-15(14)22-19(25)13-10-12-16(23-20(13)26)8-11(9-17(12)24)18-6-3-7-27-18/h1-7,10-11H,8-9H2,(H,22,25)(H,23,26). The number of furan rings is 1. The third-order valence-electron chi connectivity index (χ3n) is 4.62. The largest absolute Gasteiger partial charge is 0.469 e. The van der Waals surface area contributed by atoms with Crippen LogP contribution in [0.2, 0.25) is 5.02 Å². The van der Waals surface area contributed by atoms with Gasteiger partial charge in [-0.2, -0.15) is 0 Å². The first kappa shape index (κ1) is 17.3. The Bertz CT molecular complexity index is 1090. The van der Waals surface area contributed by atoms with Gasteiger partial charge < -0.3 is 14.7 Å². The van der Waals surface area contributed by atoms with E-state index in [0.717, 1.165) is 0 Å². The number of fused-ring (bicyclic) bond motifs is 1. The van der Waals surface area contributed by atoms with E-state index in [1.807, 2.05) is 6.07 Å². The Kier molecular flexibility index (Phi) is 4.41. The zero-order valence-corrected chi connectivity index (χ0v) is 14.9. The quantitative estimate of drug-likeness (QED) is 0.720. The normalized spacial score (nSPS) is 16.0. The Morgan fingerprint density at radius 2 is 1.96 bits per heavy atom. The van der Waals surface area contributed by atoms with Gasteiger partial charge in [-0.1, -0.05) is 23.7 Å². The summed E-state index contributed by atoms with van der Waals surface area (Å²) in [5.74, 6) is -0.178. The fraction of sp³-hybridized carbons (Fsp3) is 0.150. The average molecular weight is 383 g/mol. The molecule has 1 unspecified atom stereocenters. The number of benzene rings is 1. The van der Waals surface area contributed by atoms with Crippen LogP contribution in [0.15, 0.2) is 57.9 Å². The number of carbonyl (C=O) groups excluding carboxylic acids is 2. The Morgan fingerprint density at radius 1 is 1.15 bits per heavy atom. The van der Waals surface area contributed by atoms with Gasteiger partial charge in [-0.3, -0.25) is 14.4 Å². The minimum absolute atomic E-state index is 0.126. The predicted molar refractivity (Wildman–Crippen MR) is 101 cm³/mol. The van der Waals surface area contributed by atoms with Gasteiger partial charge in [0.1, 0.15) is 11.3 Å². The van der Waals surface area contributed by atoms with E-state index in [4.69, 9.17) is 16.0 Å². The molecule has 0 spiro atoms. The van der Waals surface area contributed by atoms with Crippen LogP contribution in [0.25, 0.3) is 0 Å². The maximum Gasteiger partial charge on any atom is 0.261 e. The molecule has 0 bridgehead atoms. The zero-order valence-electron chi connectivity index (χ0n) is 14.1. The van der Waals surface area contributed by atoms with Crippen LogP contribution in [0.3, 0.4) is 0 Å². The molecule has 6 nitrogen and oxygen atoms in total. The topological polar surface area (TPSA) is 92.2 Å². The summed E-state index contributed by atoms with van der Waals surface area (Å²) in [6.07, 6.45) is 2.29. The summed E-state index contributed by atoms with van der Waals surface area (Å²) in [5.41, 5.74) is 0.601. The third-order valence-corrected chi connectivity index (χ3v) is 4.95. The summed E-state index contributed by atoms with van der Waals surface area (Å²) < 4.78 is 5.39. The van der Waals surface area contributed by atoms with Crippen LogP contribution in [0.1, 0.15) is 44.5 Å². The number of aromatic nitrogens is 1. The molecule has 0 aliphatic heterocycles. The number of para-hydroxylation sites is 1. The molecule has 0 saturated heterocycles. The van der Waals surface area contributed by atoms with Gasteiger partial charge in [0.25, 0.3) is 11.5 Å². The Morgan fingerprint density at radius 3 is 2.70 bits per heavy atom. The number of amides is 1. The van der Waals surface area contributed by atoms with E-state index in [9.17, 15) is 14.4 Å². The smallest absolute Gasteiger partial charge is 0.261 e. The highest BCUT2D eigenvalue weighted by molar-refractivity contribution is 6.33. The van der Waals surface area contributed by atoms with Gasteiger partial charge in [0.2, 0.25) is 0 Å². The minimum atomic E-state index is -0.617. The van der Waals surface area contributed by atoms with Gasteiger partial charge in [0, 0.05) is 23.6 Å². The van der Waals surface area contributed by atoms with Crippen LogP contribution < -0.4 is 10.9 Å². The first-order valence-corrected chi connectivity index (χ1v) is 8.79. The van der Waals surface area contributed by atoms with E-state index < -0.39 is 11.5 Å².